The van der Waals surface area contributed by atoms with Gasteiger partial charge in [-0.3, -0.25) is 0 Å². The van der Waals surface area contributed by atoms with Crippen molar-refractivity contribution in [3.63, 3.8) is 0 Å². The summed E-state index contributed by atoms with van der Waals surface area (Å²) in [5, 5.41) is 9.65. The van der Waals surface area contributed by atoms with Crippen LogP contribution in [-0.2, 0) is 4.74 Å². The molecule has 0 aromatic rings. The summed E-state index contributed by atoms with van der Waals surface area (Å²) in [6.07, 6.45) is 0.0835. The Balaban J connectivity index is 2.48. The lowest BCUT2D eigenvalue weighted by Gasteiger charge is -2.35. The molecular weight excluding hydrogens is 194 g/mol. The van der Waals surface area contributed by atoms with E-state index >= 15 is 0 Å². The van der Waals surface area contributed by atoms with Crippen molar-refractivity contribution in [2.75, 3.05) is 13.1 Å². The van der Waals surface area contributed by atoms with E-state index in [2.05, 4.69) is 0 Å². The Kier molecular flexibility index (Phi) is 3.60. The van der Waals surface area contributed by atoms with Crippen molar-refractivity contribution in [1.29, 1.82) is 0 Å². The molecule has 0 spiro atoms. The Morgan fingerprint density at radius 3 is 2.53 bits per heavy atom. The molecule has 1 rings (SSSR count). The largest absolute Gasteiger partial charge is 0.444 e. The molecule has 1 amide bonds. The van der Waals surface area contributed by atoms with Crippen molar-refractivity contribution in [2.45, 2.75) is 45.8 Å². The maximum atomic E-state index is 11.7. The zero-order chi connectivity index (χ0) is 11.6. The van der Waals surface area contributed by atoms with Crippen molar-refractivity contribution in [3.05, 3.63) is 0 Å². The molecule has 15 heavy (non-hydrogen) atoms. The van der Waals surface area contributed by atoms with Gasteiger partial charge in [-0.15, -0.1) is 0 Å². The monoisotopic (exact) mass is 215 g/mol. The summed E-state index contributed by atoms with van der Waals surface area (Å²) in [6, 6.07) is 0. The van der Waals surface area contributed by atoms with Gasteiger partial charge in [-0.05, 0) is 33.1 Å². The average molecular weight is 215 g/mol. The minimum absolute atomic E-state index is 0.267. The lowest BCUT2D eigenvalue weighted by Crippen LogP contribution is -2.47. The van der Waals surface area contributed by atoms with Gasteiger partial charge < -0.3 is 14.7 Å². The fraction of sp³-hybridized carbons (Fsp3) is 0.909. The van der Waals surface area contributed by atoms with Crippen molar-refractivity contribution in [2.24, 2.45) is 5.92 Å². The quantitative estimate of drug-likeness (QED) is 0.668. The van der Waals surface area contributed by atoms with Crippen molar-refractivity contribution in [1.82, 2.24) is 4.90 Å². The van der Waals surface area contributed by atoms with E-state index < -0.39 is 11.7 Å². The second-order valence-electron chi connectivity index (χ2n) is 5.26. The van der Waals surface area contributed by atoms with E-state index in [1.54, 1.807) is 4.90 Å². The zero-order valence-corrected chi connectivity index (χ0v) is 9.99. The number of carbonyl (C=O) groups excluding carboxylic acids is 1. The lowest BCUT2D eigenvalue weighted by atomic mass is 9.96. The average Bonchev–Trinajstić information content (AvgIpc) is 2.06. The molecule has 1 N–H and O–H groups in total. The van der Waals surface area contributed by atoms with Crippen LogP contribution in [0, 0.1) is 5.92 Å². The third-order valence-electron chi connectivity index (χ3n) is 2.57. The molecule has 0 aliphatic carbocycles. The van der Waals surface area contributed by atoms with Crippen LogP contribution in [0.4, 0.5) is 4.79 Å². The highest BCUT2D eigenvalue weighted by Gasteiger charge is 2.29. The third-order valence-corrected chi connectivity index (χ3v) is 2.57. The highest BCUT2D eigenvalue weighted by molar-refractivity contribution is 5.68. The van der Waals surface area contributed by atoms with Crippen LogP contribution in [0.3, 0.4) is 0 Å². The molecule has 0 bridgehead atoms. The SMILES string of the molecule is CC1CCN(C(=O)OC(C)(C)C)C[C@H]1O. The summed E-state index contributed by atoms with van der Waals surface area (Å²) in [6.45, 7) is 8.58. The number of carbonyl (C=O) groups is 1. The number of likely N-dealkylation sites (tertiary alicyclic amines) is 1. The molecule has 0 radical (unpaired) electrons. The number of rotatable bonds is 0. The number of β-amino-alcohol motifs (C(OH)–C–C–N with tert-alkyl or cyclic N) is 1. The second-order valence-corrected chi connectivity index (χ2v) is 5.26. The van der Waals surface area contributed by atoms with Gasteiger partial charge in [0.2, 0.25) is 0 Å². The summed E-state index contributed by atoms with van der Waals surface area (Å²) in [4.78, 5) is 13.2. The van der Waals surface area contributed by atoms with Gasteiger partial charge >= 0.3 is 6.09 Å². The molecule has 1 heterocycles. The van der Waals surface area contributed by atoms with Gasteiger partial charge in [0, 0.05) is 6.54 Å². The first-order chi connectivity index (χ1) is 6.79. The normalized spacial score (nSPS) is 27.7. The fourth-order valence-electron chi connectivity index (χ4n) is 1.54. The highest BCUT2D eigenvalue weighted by Crippen LogP contribution is 2.19. The van der Waals surface area contributed by atoms with E-state index in [1.165, 1.54) is 0 Å². The van der Waals surface area contributed by atoms with Crippen LogP contribution in [0.15, 0.2) is 0 Å². The van der Waals surface area contributed by atoms with Crippen molar-refractivity contribution in [3.8, 4) is 0 Å². The van der Waals surface area contributed by atoms with Crippen LogP contribution in [-0.4, -0.2) is 40.9 Å². The van der Waals surface area contributed by atoms with Gasteiger partial charge in [0.05, 0.1) is 12.6 Å². The van der Waals surface area contributed by atoms with Crippen molar-refractivity contribution < 1.29 is 14.6 Å². The fourth-order valence-corrected chi connectivity index (χ4v) is 1.54. The molecule has 0 aromatic heterocycles. The van der Waals surface area contributed by atoms with Gasteiger partial charge in [-0.1, -0.05) is 6.92 Å². The Morgan fingerprint density at radius 1 is 1.47 bits per heavy atom. The summed E-state index contributed by atoms with van der Waals surface area (Å²) < 4.78 is 5.24. The number of hydrogen-bond donors (Lipinski definition) is 1. The summed E-state index contributed by atoms with van der Waals surface area (Å²) in [5.74, 6) is 0.267. The molecule has 4 heteroatoms. The topological polar surface area (TPSA) is 49.8 Å². The summed E-state index contributed by atoms with van der Waals surface area (Å²) >= 11 is 0. The van der Waals surface area contributed by atoms with E-state index in [4.69, 9.17) is 4.74 Å². The number of amides is 1. The molecule has 1 fully saturated rings. The van der Waals surface area contributed by atoms with Crippen LogP contribution >= 0.6 is 0 Å². The first-order valence-electron chi connectivity index (χ1n) is 5.45. The van der Waals surface area contributed by atoms with E-state index in [9.17, 15) is 9.90 Å². The molecule has 1 saturated heterocycles. The Hall–Kier alpha value is -0.770. The maximum absolute atomic E-state index is 11.7. The van der Waals surface area contributed by atoms with Crippen LogP contribution in [0.5, 0.6) is 0 Å². The molecule has 88 valence electrons. The molecule has 1 aliphatic heterocycles. The Bertz CT molecular complexity index is 234. The van der Waals surface area contributed by atoms with Gasteiger partial charge in [0.25, 0.3) is 0 Å². The van der Waals surface area contributed by atoms with E-state index in [-0.39, 0.29) is 12.0 Å². The second kappa shape index (κ2) is 4.39. The zero-order valence-electron chi connectivity index (χ0n) is 9.99. The molecule has 2 atom stereocenters. The smallest absolute Gasteiger partial charge is 0.410 e. The van der Waals surface area contributed by atoms with Gasteiger partial charge in [0.15, 0.2) is 0 Å². The standard InChI is InChI=1S/C11H21NO3/c1-8-5-6-12(7-9(8)13)10(14)15-11(2,3)4/h8-9,13H,5-7H2,1-4H3/t8?,9-/m1/s1. The molecule has 1 aliphatic rings. The van der Waals surface area contributed by atoms with E-state index in [1.807, 2.05) is 27.7 Å². The van der Waals surface area contributed by atoms with E-state index in [0.29, 0.717) is 13.1 Å². The van der Waals surface area contributed by atoms with E-state index in [0.717, 1.165) is 6.42 Å². The van der Waals surface area contributed by atoms with Crippen LogP contribution in [0.1, 0.15) is 34.1 Å². The predicted octanol–water partition coefficient (Wildman–Crippen LogP) is 1.62. The molecule has 4 nitrogen and oxygen atoms in total. The first kappa shape index (κ1) is 12.3. The molecule has 0 aromatic carbocycles. The predicted molar refractivity (Wildman–Crippen MR) is 57.6 cm³/mol. The lowest BCUT2D eigenvalue weighted by molar-refractivity contribution is -0.00946. The highest BCUT2D eigenvalue weighted by atomic mass is 16.6. The minimum atomic E-state index is -0.467. The van der Waals surface area contributed by atoms with Gasteiger partial charge in [-0.2, -0.15) is 0 Å². The number of nitrogens with zero attached hydrogens (tertiary/aromatic N) is 1. The first-order valence-corrected chi connectivity index (χ1v) is 5.45. The maximum Gasteiger partial charge on any atom is 0.410 e. The summed E-state index contributed by atoms with van der Waals surface area (Å²) in [5.41, 5.74) is -0.467. The van der Waals surface area contributed by atoms with Crippen LogP contribution in [0.25, 0.3) is 0 Å². The van der Waals surface area contributed by atoms with Gasteiger partial charge in [0.1, 0.15) is 5.60 Å². The molecule has 1 unspecified atom stereocenters. The number of aliphatic hydroxyl groups excluding tert-OH is 1. The number of aliphatic hydroxyl groups is 1. The Morgan fingerprint density at radius 2 is 2.07 bits per heavy atom. The number of hydrogen-bond acceptors (Lipinski definition) is 3. The number of ether oxygens (including phenoxy) is 1. The Labute approximate surface area is 91.2 Å². The molecular formula is C11H21NO3. The summed E-state index contributed by atoms with van der Waals surface area (Å²) in [7, 11) is 0. The van der Waals surface area contributed by atoms with Gasteiger partial charge in [-0.25, -0.2) is 4.79 Å². The molecule has 0 saturated carbocycles. The van der Waals surface area contributed by atoms with Crippen LogP contribution in [0.2, 0.25) is 0 Å². The number of piperidine rings is 1. The third kappa shape index (κ3) is 3.70. The minimum Gasteiger partial charge on any atom is -0.444 e. The van der Waals surface area contributed by atoms with Crippen molar-refractivity contribution >= 4 is 6.09 Å². The van der Waals surface area contributed by atoms with Crippen LogP contribution < -0.4 is 0 Å².